The van der Waals surface area contributed by atoms with Gasteiger partial charge in [-0.3, -0.25) is 9.59 Å². The summed E-state index contributed by atoms with van der Waals surface area (Å²) >= 11 is 0. The molecular weight excluding hydrogens is 272 g/mol. The first kappa shape index (κ1) is 17.2. The van der Waals surface area contributed by atoms with Crippen molar-refractivity contribution >= 4 is 17.9 Å². The van der Waals surface area contributed by atoms with E-state index < -0.39 is 17.4 Å². The Bertz CT molecular complexity index is 433. The molecule has 21 heavy (non-hydrogen) atoms. The molecule has 3 amide bonds. The van der Waals surface area contributed by atoms with E-state index in [2.05, 4.69) is 11.9 Å². The van der Waals surface area contributed by atoms with Crippen LogP contribution in [-0.2, 0) is 14.3 Å². The zero-order chi connectivity index (χ0) is 16.0. The quantitative estimate of drug-likeness (QED) is 0.601. The summed E-state index contributed by atoms with van der Waals surface area (Å²) in [5, 5.41) is 2.62. The summed E-state index contributed by atoms with van der Waals surface area (Å²) in [6.45, 7) is 9.39. The number of amides is 3. The van der Waals surface area contributed by atoms with Crippen molar-refractivity contribution in [3.63, 3.8) is 0 Å². The van der Waals surface area contributed by atoms with Crippen molar-refractivity contribution in [2.75, 3.05) is 13.3 Å². The second kappa shape index (κ2) is 7.24. The maximum absolute atomic E-state index is 12.7. The molecule has 1 saturated heterocycles. The molecule has 0 aromatic carbocycles. The molecule has 0 aliphatic carbocycles. The highest BCUT2D eigenvalue weighted by molar-refractivity contribution is 6.11. The van der Waals surface area contributed by atoms with Crippen molar-refractivity contribution in [2.45, 2.75) is 40.0 Å². The van der Waals surface area contributed by atoms with Crippen LogP contribution in [0.2, 0.25) is 0 Å². The Morgan fingerprint density at radius 2 is 2.19 bits per heavy atom. The lowest BCUT2D eigenvalue weighted by molar-refractivity contribution is -0.155. The number of rotatable bonds is 6. The predicted molar refractivity (Wildman–Crippen MR) is 78.2 cm³/mol. The van der Waals surface area contributed by atoms with Crippen molar-refractivity contribution in [2.24, 2.45) is 11.3 Å². The molecule has 6 heteroatoms. The number of allylic oxidation sites excluding steroid dienone is 1. The number of hydrogen-bond acceptors (Lipinski definition) is 4. The molecule has 0 spiro atoms. The highest BCUT2D eigenvalue weighted by atomic mass is 16.6. The van der Waals surface area contributed by atoms with E-state index in [1.165, 1.54) is 0 Å². The van der Waals surface area contributed by atoms with Gasteiger partial charge in [0.05, 0.1) is 6.61 Å². The van der Waals surface area contributed by atoms with E-state index in [0.717, 1.165) is 4.90 Å². The molecule has 1 unspecified atom stereocenters. The standard InChI is InChI=1S/C15H24N2O4/c1-5-8-15(9-7-11(3)4)12(18)16-10-17(13(15)19)14(20)21-6-2/h5,11H,1,6-10H2,2-4H3,(H,16,18). The van der Waals surface area contributed by atoms with Gasteiger partial charge in [0.1, 0.15) is 12.1 Å². The van der Waals surface area contributed by atoms with E-state index in [9.17, 15) is 14.4 Å². The molecule has 1 aliphatic heterocycles. The van der Waals surface area contributed by atoms with Crippen LogP contribution in [0, 0.1) is 11.3 Å². The third-order valence-electron chi connectivity index (χ3n) is 3.62. The first-order chi connectivity index (χ1) is 9.89. The zero-order valence-corrected chi connectivity index (χ0v) is 13.0. The summed E-state index contributed by atoms with van der Waals surface area (Å²) in [6, 6.07) is 0. The van der Waals surface area contributed by atoms with Gasteiger partial charge in [0, 0.05) is 0 Å². The van der Waals surface area contributed by atoms with E-state index >= 15 is 0 Å². The first-order valence-corrected chi connectivity index (χ1v) is 7.27. The lowest BCUT2D eigenvalue weighted by Gasteiger charge is -2.39. The van der Waals surface area contributed by atoms with E-state index in [0.29, 0.717) is 18.8 Å². The van der Waals surface area contributed by atoms with Gasteiger partial charge in [0.25, 0.3) is 0 Å². The number of nitrogens with one attached hydrogen (secondary N) is 1. The Hall–Kier alpha value is -1.85. The maximum Gasteiger partial charge on any atom is 0.418 e. The van der Waals surface area contributed by atoms with Crippen LogP contribution >= 0.6 is 0 Å². The largest absolute Gasteiger partial charge is 0.449 e. The van der Waals surface area contributed by atoms with Crippen LogP contribution < -0.4 is 5.32 Å². The van der Waals surface area contributed by atoms with Crippen LogP contribution in [0.1, 0.15) is 40.0 Å². The molecular formula is C15H24N2O4. The minimum Gasteiger partial charge on any atom is -0.449 e. The van der Waals surface area contributed by atoms with Gasteiger partial charge < -0.3 is 10.1 Å². The second-order valence-corrected chi connectivity index (χ2v) is 5.60. The van der Waals surface area contributed by atoms with Gasteiger partial charge >= 0.3 is 6.09 Å². The average molecular weight is 296 g/mol. The number of carbonyl (C=O) groups is 3. The summed E-state index contributed by atoms with van der Waals surface area (Å²) in [6.07, 6.45) is 2.13. The fourth-order valence-electron chi connectivity index (χ4n) is 2.38. The summed E-state index contributed by atoms with van der Waals surface area (Å²) in [4.78, 5) is 37.8. The minimum absolute atomic E-state index is 0.142. The summed E-state index contributed by atoms with van der Waals surface area (Å²) in [7, 11) is 0. The number of nitrogens with zero attached hydrogens (tertiary/aromatic N) is 1. The van der Waals surface area contributed by atoms with E-state index in [4.69, 9.17) is 4.74 Å². The highest BCUT2D eigenvalue weighted by Gasteiger charge is 2.51. The lowest BCUT2D eigenvalue weighted by atomic mass is 9.75. The SMILES string of the molecule is C=CCC1(CCC(C)C)C(=O)NCN(C(=O)OCC)C1=O. The molecule has 1 atom stereocenters. The monoisotopic (exact) mass is 296 g/mol. The third kappa shape index (κ3) is 3.62. The Morgan fingerprint density at radius 3 is 2.71 bits per heavy atom. The van der Waals surface area contributed by atoms with Gasteiger partial charge in [-0.15, -0.1) is 6.58 Å². The van der Waals surface area contributed by atoms with Crippen LogP contribution in [0.5, 0.6) is 0 Å². The zero-order valence-electron chi connectivity index (χ0n) is 13.0. The predicted octanol–water partition coefficient (Wildman–Crippen LogP) is 2.06. The number of imide groups is 1. The maximum atomic E-state index is 12.7. The summed E-state index contributed by atoms with van der Waals surface area (Å²) in [5.74, 6) is -0.482. The van der Waals surface area contributed by atoms with Crippen LogP contribution in [0.4, 0.5) is 4.79 Å². The number of hydrogen-bond donors (Lipinski definition) is 1. The summed E-state index contributed by atoms with van der Waals surface area (Å²) in [5.41, 5.74) is -1.25. The normalized spacial score (nSPS) is 22.2. The summed E-state index contributed by atoms with van der Waals surface area (Å²) < 4.78 is 4.87. The average Bonchev–Trinajstić information content (AvgIpc) is 2.42. The van der Waals surface area contributed by atoms with Gasteiger partial charge in [0.2, 0.25) is 11.8 Å². The van der Waals surface area contributed by atoms with Crippen molar-refractivity contribution in [1.29, 1.82) is 0 Å². The van der Waals surface area contributed by atoms with Gasteiger partial charge in [-0.2, -0.15) is 0 Å². The third-order valence-corrected chi connectivity index (χ3v) is 3.62. The van der Waals surface area contributed by atoms with Crippen LogP contribution in [0.15, 0.2) is 12.7 Å². The van der Waals surface area contributed by atoms with Crippen molar-refractivity contribution < 1.29 is 19.1 Å². The van der Waals surface area contributed by atoms with Gasteiger partial charge in [0.15, 0.2) is 0 Å². The molecule has 1 rings (SSSR count). The molecule has 1 N–H and O–H groups in total. The van der Waals surface area contributed by atoms with Crippen molar-refractivity contribution in [1.82, 2.24) is 10.2 Å². The Labute approximate surface area is 125 Å². The molecule has 0 radical (unpaired) electrons. The molecule has 0 aromatic heterocycles. The van der Waals surface area contributed by atoms with Crippen molar-refractivity contribution in [3.8, 4) is 0 Å². The van der Waals surface area contributed by atoms with Gasteiger partial charge in [-0.05, 0) is 32.1 Å². The van der Waals surface area contributed by atoms with Crippen LogP contribution in [-0.4, -0.2) is 36.1 Å². The topological polar surface area (TPSA) is 75.7 Å². The molecule has 1 fully saturated rings. The molecule has 1 heterocycles. The Kier molecular flexibility index (Phi) is 5.93. The van der Waals surface area contributed by atoms with E-state index in [1.807, 2.05) is 13.8 Å². The fraction of sp³-hybridized carbons (Fsp3) is 0.667. The Balaban J connectivity index is 3.05. The smallest absolute Gasteiger partial charge is 0.418 e. The van der Waals surface area contributed by atoms with E-state index in [-0.39, 0.29) is 25.6 Å². The van der Waals surface area contributed by atoms with Crippen LogP contribution in [0.3, 0.4) is 0 Å². The van der Waals surface area contributed by atoms with Gasteiger partial charge in [-0.1, -0.05) is 19.9 Å². The van der Waals surface area contributed by atoms with Crippen molar-refractivity contribution in [3.05, 3.63) is 12.7 Å². The number of carbonyl (C=O) groups excluding carboxylic acids is 3. The van der Waals surface area contributed by atoms with E-state index in [1.54, 1.807) is 13.0 Å². The molecule has 0 bridgehead atoms. The highest BCUT2D eigenvalue weighted by Crippen LogP contribution is 2.35. The molecule has 6 nitrogen and oxygen atoms in total. The molecule has 118 valence electrons. The second-order valence-electron chi connectivity index (χ2n) is 5.60. The first-order valence-electron chi connectivity index (χ1n) is 7.27. The molecule has 0 saturated carbocycles. The Morgan fingerprint density at radius 1 is 1.52 bits per heavy atom. The molecule has 1 aliphatic rings. The fourth-order valence-corrected chi connectivity index (χ4v) is 2.38. The van der Waals surface area contributed by atoms with Crippen LogP contribution in [0.25, 0.3) is 0 Å². The van der Waals surface area contributed by atoms with Gasteiger partial charge in [-0.25, -0.2) is 9.69 Å². The minimum atomic E-state index is -1.25. The molecule has 0 aromatic rings. The number of ether oxygens (including phenoxy) is 1. The lowest BCUT2D eigenvalue weighted by Crippen LogP contribution is -2.62.